The Labute approximate surface area is 171 Å². The van der Waals surface area contributed by atoms with Crippen LogP contribution in [0.2, 0.25) is 5.02 Å². The predicted octanol–water partition coefficient (Wildman–Crippen LogP) is 4.42. The molecule has 1 aliphatic heterocycles. The minimum absolute atomic E-state index is 0.0205. The number of anilines is 1. The third-order valence-corrected chi connectivity index (χ3v) is 4.71. The standard InChI is InChI=1S/C20H16ClN5O3/c1-28-16-6-3-10(7-17(16)29-2)14-9-15(24-20(22)23-14)18-19(27)12-8-11(21)4-5-13(12)25-26-18/h3-9,18H,1-2H3,(H2,22,23,24). The number of fused-ring (bicyclic) bond motifs is 1. The van der Waals surface area contributed by atoms with Crippen LogP contribution in [0.15, 0.2) is 52.7 Å². The Kier molecular flexibility index (Phi) is 4.85. The maximum absolute atomic E-state index is 13.0. The zero-order chi connectivity index (χ0) is 20.5. The maximum atomic E-state index is 13.0. The molecule has 8 nitrogen and oxygen atoms in total. The number of aromatic nitrogens is 2. The van der Waals surface area contributed by atoms with E-state index in [2.05, 4.69) is 20.2 Å². The Balaban J connectivity index is 1.76. The molecule has 0 bridgehead atoms. The Morgan fingerprint density at radius 2 is 1.79 bits per heavy atom. The quantitative estimate of drug-likeness (QED) is 0.682. The average Bonchev–Trinajstić information content (AvgIpc) is 2.73. The molecule has 9 heteroatoms. The van der Waals surface area contributed by atoms with E-state index in [0.717, 1.165) is 5.56 Å². The van der Waals surface area contributed by atoms with Crippen molar-refractivity contribution in [3.8, 4) is 22.8 Å². The van der Waals surface area contributed by atoms with Gasteiger partial charge in [-0.15, -0.1) is 0 Å². The monoisotopic (exact) mass is 409 g/mol. The summed E-state index contributed by atoms with van der Waals surface area (Å²) in [6, 6.07) is 11.0. The van der Waals surface area contributed by atoms with E-state index in [4.69, 9.17) is 26.8 Å². The highest BCUT2D eigenvalue weighted by Gasteiger charge is 2.30. The van der Waals surface area contributed by atoms with Crippen LogP contribution >= 0.6 is 11.6 Å². The van der Waals surface area contributed by atoms with Crippen LogP contribution in [-0.2, 0) is 0 Å². The van der Waals surface area contributed by atoms with Gasteiger partial charge in [-0.1, -0.05) is 11.6 Å². The van der Waals surface area contributed by atoms with Gasteiger partial charge in [0, 0.05) is 16.1 Å². The third-order valence-electron chi connectivity index (χ3n) is 4.48. The number of rotatable bonds is 4. The van der Waals surface area contributed by atoms with Gasteiger partial charge in [-0.25, -0.2) is 9.97 Å². The number of nitrogen functional groups attached to an aromatic ring is 1. The van der Waals surface area contributed by atoms with Crippen molar-refractivity contribution >= 4 is 29.0 Å². The van der Waals surface area contributed by atoms with E-state index in [0.29, 0.717) is 39.2 Å². The molecular weight excluding hydrogens is 394 g/mol. The Morgan fingerprint density at radius 1 is 1.00 bits per heavy atom. The van der Waals surface area contributed by atoms with Gasteiger partial charge in [0.25, 0.3) is 0 Å². The summed E-state index contributed by atoms with van der Waals surface area (Å²) in [7, 11) is 3.10. The summed E-state index contributed by atoms with van der Waals surface area (Å²) in [4.78, 5) is 21.4. The molecule has 2 heterocycles. The number of halogens is 1. The summed E-state index contributed by atoms with van der Waals surface area (Å²) in [5.41, 5.74) is 8.37. The van der Waals surface area contributed by atoms with Crippen molar-refractivity contribution in [1.29, 1.82) is 0 Å². The largest absolute Gasteiger partial charge is 0.493 e. The van der Waals surface area contributed by atoms with E-state index >= 15 is 0 Å². The number of carbonyl (C=O) groups is 1. The average molecular weight is 410 g/mol. The highest BCUT2D eigenvalue weighted by atomic mass is 35.5. The lowest BCUT2D eigenvalue weighted by Gasteiger charge is -2.17. The lowest BCUT2D eigenvalue weighted by Crippen LogP contribution is -2.16. The predicted molar refractivity (Wildman–Crippen MR) is 108 cm³/mol. The molecule has 3 aromatic rings. The molecule has 0 aliphatic carbocycles. The summed E-state index contributed by atoms with van der Waals surface area (Å²) in [6.45, 7) is 0. The molecule has 4 rings (SSSR count). The Bertz CT molecular complexity index is 1150. The zero-order valence-electron chi connectivity index (χ0n) is 15.6. The van der Waals surface area contributed by atoms with Crippen molar-refractivity contribution in [2.75, 3.05) is 20.0 Å². The highest BCUT2D eigenvalue weighted by molar-refractivity contribution is 6.31. The molecule has 0 saturated heterocycles. The first-order chi connectivity index (χ1) is 14.0. The molecule has 2 aromatic carbocycles. The summed E-state index contributed by atoms with van der Waals surface area (Å²) < 4.78 is 10.6. The van der Waals surface area contributed by atoms with Crippen LogP contribution in [0.5, 0.6) is 11.5 Å². The number of hydrogen-bond acceptors (Lipinski definition) is 8. The maximum Gasteiger partial charge on any atom is 0.220 e. The molecule has 0 radical (unpaired) electrons. The van der Waals surface area contributed by atoms with Gasteiger partial charge < -0.3 is 15.2 Å². The SMILES string of the molecule is COc1ccc(-c2cc(C3N=Nc4ccc(Cl)cc4C3=O)nc(N)n2)cc1OC. The van der Waals surface area contributed by atoms with Gasteiger partial charge in [0.2, 0.25) is 5.95 Å². The number of azo groups is 1. The zero-order valence-corrected chi connectivity index (χ0v) is 16.3. The minimum Gasteiger partial charge on any atom is -0.493 e. The smallest absolute Gasteiger partial charge is 0.220 e. The number of benzene rings is 2. The molecule has 1 aromatic heterocycles. The molecular formula is C20H16ClN5O3. The van der Waals surface area contributed by atoms with Crippen molar-refractivity contribution in [3.63, 3.8) is 0 Å². The number of hydrogen-bond donors (Lipinski definition) is 1. The lowest BCUT2D eigenvalue weighted by molar-refractivity contribution is 0.0954. The fraction of sp³-hybridized carbons (Fsp3) is 0.150. The van der Waals surface area contributed by atoms with Gasteiger partial charge in [0.15, 0.2) is 23.3 Å². The first-order valence-electron chi connectivity index (χ1n) is 8.61. The van der Waals surface area contributed by atoms with E-state index in [1.54, 1.807) is 50.6 Å². The molecule has 0 spiro atoms. The van der Waals surface area contributed by atoms with Crippen molar-refractivity contribution in [2.45, 2.75) is 6.04 Å². The van der Waals surface area contributed by atoms with Crippen LogP contribution in [-0.4, -0.2) is 30.0 Å². The number of nitrogens with two attached hydrogens (primary N) is 1. The summed E-state index contributed by atoms with van der Waals surface area (Å²) in [5.74, 6) is 0.894. The van der Waals surface area contributed by atoms with Gasteiger partial charge in [-0.3, -0.25) is 4.79 Å². The molecule has 146 valence electrons. The normalized spacial score (nSPS) is 15.1. The lowest BCUT2D eigenvalue weighted by atomic mass is 9.98. The van der Waals surface area contributed by atoms with E-state index in [-0.39, 0.29) is 11.7 Å². The summed E-state index contributed by atoms with van der Waals surface area (Å²) in [5, 5.41) is 8.71. The Morgan fingerprint density at radius 3 is 2.55 bits per heavy atom. The molecule has 0 amide bonds. The molecule has 1 aliphatic rings. The third kappa shape index (κ3) is 3.50. The number of ketones is 1. The number of methoxy groups -OCH3 is 2. The van der Waals surface area contributed by atoms with Gasteiger partial charge in [-0.05, 0) is 42.5 Å². The van der Waals surface area contributed by atoms with Gasteiger partial charge in [0.05, 0.1) is 31.3 Å². The summed E-state index contributed by atoms with van der Waals surface area (Å²) >= 11 is 6.03. The first-order valence-corrected chi connectivity index (χ1v) is 8.99. The van der Waals surface area contributed by atoms with Crippen LogP contribution < -0.4 is 15.2 Å². The van der Waals surface area contributed by atoms with Crippen LogP contribution in [0.1, 0.15) is 22.1 Å². The van der Waals surface area contributed by atoms with E-state index in [9.17, 15) is 4.79 Å². The molecule has 2 N–H and O–H groups in total. The summed E-state index contributed by atoms with van der Waals surface area (Å²) in [6.07, 6.45) is 0. The van der Waals surface area contributed by atoms with Gasteiger partial charge in [0.1, 0.15) is 0 Å². The van der Waals surface area contributed by atoms with Gasteiger partial charge >= 0.3 is 0 Å². The second-order valence-corrected chi connectivity index (χ2v) is 6.69. The van der Waals surface area contributed by atoms with Crippen molar-refractivity contribution in [3.05, 3.63) is 58.7 Å². The van der Waals surface area contributed by atoms with Crippen LogP contribution in [0.3, 0.4) is 0 Å². The topological polar surface area (TPSA) is 112 Å². The van der Waals surface area contributed by atoms with Gasteiger partial charge in [-0.2, -0.15) is 10.2 Å². The molecule has 1 atom stereocenters. The molecule has 29 heavy (non-hydrogen) atoms. The van der Waals surface area contributed by atoms with Crippen LogP contribution in [0.4, 0.5) is 11.6 Å². The van der Waals surface area contributed by atoms with E-state index < -0.39 is 6.04 Å². The fourth-order valence-electron chi connectivity index (χ4n) is 3.07. The van der Waals surface area contributed by atoms with E-state index in [1.165, 1.54) is 0 Å². The first kappa shape index (κ1) is 18.8. The fourth-order valence-corrected chi connectivity index (χ4v) is 3.25. The number of ether oxygens (including phenoxy) is 2. The van der Waals surface area contributed by atoms with Crippen LogP contribution in [0, 0.1) is 0 Å². The molecule has 1 unspecified atom stereocenters. The van der Waals surface area contributed by atoms with Crippen molar-refractivity contribution in [2.24, 2.45) is 10.2 Å². The highest BCUT2D eigenvalue weighted by Crippen LogP contribution is 2.37. The Hall–Kier alpha value is -3.52. The minimum atomic E-state index is -0.926. The van der Waals surface area contributed by atoms with E-state index in [1.807, 2.05) is 6.07 Å². The molecule has 0 saturated carbocycles. The number of nitrogens with zero attached hydrogens (tertiary/aromatic N) is 4. The number of carbonyl (C=O) groups excluding carboxylic acids is 1. The van der Waals surface area contributed by atoms with Crippen molar-refractivity contribution in [1.82, 2.24) is 9.97 Å². The van der Waals surface area contributed by atoms with Crippen molar-refractivity contribution < 1.29 is 14.3 Å². The molecule has 0 fully saturated rings. The second kappa shape index (κ2) is 7.48. The van der Waals surface area contributed by atoms with Crippen LogP contribution in [0.25, 0.3) is 11.3 Å². The second-order valence-electron chi connectivity index (χ2n) is 6.25. The number of Topliss-reactive ketones (excluding diaryl/α,β-unsaturated/α-hetero) is 1.